The van der Waals surface area contributed by atoms with Crippen molar-refractivity contribution in [3.63, 3.8) is 0 Å². The first-order valence-corrected chi connectivity index (χ1v) is 7.43. The first-order chi connectivity index (χ1) is 7.72. The molecule has 4 heteroatoms. The van der Waals surface area contributed by atoms with Crippen molar-refractivity contribution in [2.45, 2.75) is 38.0 Å². The highest BCUT2D eigenvalue weighted by Gasteiger charge is 2.25. The van der Waals surface area contributed by atoms with Gasteiger partial charge in [-0.05, 0) is 32.8 Å². The molecule has 17 heavy (non-hydrogen) atoms. The highest BCUT2D eigenvalue weighted by molar-refractivity contribution is 7.91. The second-order valence-corrected chi connectivity index (χ2v) is 7.42. The number of rotatable bonds is 5. The van der Waals surface area contributed by atoms with Gasteiger partial charge in [0.05, 0.1) is 16.6 Å². The van der Waals surface area contributed by atoms with Gasteiger partial charge in [-0.1, -0.05) is 30.3 Å². The van der Waals surface area contributed by atoms with Gasteiger partial charge in [-0.3, -0.25) is 0 Å². The minimum Gasteiger partial charge on any atom is -0.390 e. The molecule has 0 saturated heterocycles. The highest BCUT2D eigenvalue weighted by atomic mass is 32.2. The van der Waals surface area contributed by atoms with Crippen LogP contribution in [0.4, 0.5) is 0 Å². The molecule has 0 fully saturated rings. The number of hydrogen-bond acceptors (Lipinski definition) is 3. The van der Waals surface area contributed by atoms with Crippen molar-refractivity contribution < 1.29 is 13.5 Å². The molecule has 1 aromatic carbocycles. The molecular formula is C13H20O3S. The van der Waals surface area contributed by atoms with E-state index in [1.165, 1.54) is 0 Å². The zero-order valence-electron chi connectivity index (χ0n) is 10.6. The Hall–Kier alpha value is -0.870. The Bertz CT molecular complexity index is 443. The van der Waals surface area contributed by atoms with Crippen molar-refractivity contribution in [1.82, 2.24) is 0 Å². The maximum Gasteiger partial charge on any atom is 0.157 e. The number of sulfone groups is 1. The molecule has 0 aliphatic heterocycles. The molecule has 1 aromatic rings. The molecule has 0 radical (unpaired) electrons. The van der Waals surface area contributed by atoms with Crippen LogP contribution in [0.25, 0.3) is 0 Å². The van der Waals surface area contributed by atoms with Crippen LogP contribution in [0, 0.1) is 0 Å². The van der Waals surface area contributed by atoms with E-state index in [1.54, 1.807) is 20.8 Å². The minimum atomic E-state index is -3.21. The summed E-state index contributed by atoms with van der Waals surface area (Å²) in [5.74, 6) is 0.00651. The maximum absolute atomic E-state index is 12.1. The van der Waals surface area contributed by atoms with Gasteiger partial charge in [0.2, 0.25) is 0 Å². The molecular weight excluding hydrogens is 236 g/mol. The zero-order valence-corrected chi connectivity index (χ0v) is 11.4. The summed E-state index contributed by atoms with van der Waals surface area (Å²) in [6.07, 6.45) is 0.256. The van der Waals surface area contributed by atoms with E-state index in [4.69, 9.17) is 0 Å². The van der Waals surface area contributed by atoms with Gasteiger partial charge in [0.15, 0.2) is 9.84 Å². The van der Waals surface area contributed by atoms with E-state index in [0.29, 0.717) is 0 Å². The maximum atomic E-state index is 12.1. The van der Waals surface area contributed by atoms with Crippen molar-refractivity contribution in [2.24, 2.45) is 0 Å². The van der Waals surface area contributed by atoms with Gasteiger partial charge < -0.3 is 5.11 Å². The van der Waals surface area contributed by atoms with Crippen LogP contribution in [-0.2, 0) is 9.84 Å². The molecule has 0 spiro atoms. The lowest BCUT2D eigenvalue weighted by molar-refractivity contribution is 0.0772. The number of aliphatic hydroxyl groups is 1. The Kier molecular flexibility index (Phi) is 4.33. The molecule has 1 unspecified atom stereocenters. The predicted molar refractivity (Wildman–Crippen MR) is 69.6 cm³/mol. The molecule has 0 aliphatic rings. The second kappa shape index (κ2) is 5.19. The third kappa shape index (κ3) is 4.48. The molecule has 1 atom stereocenters. The van der Waals surface area contributed by atoms with Crippen LogP contribution in [-0.4, -0.2) is 24.9 Å². The third-order valence-corrected chi connectivity index (χ3v) is 4.93. The lowest BCUT2D eigenvalue weighted by atomic mass is 10.1. The smallest absolute Gasteiger partial charge is 0.157 e. The summed E-state index contributed by atoms with van der Waals surface area (Å²) in [5, 5.41) is 9.05. The lowest BCUT2D eigenvalue weighted by Gasteiger charge is -2.19. The van der Waals surface area contributed by atoms with E-state index in [0.717, 1.165) is 5.56 Å². The summed E-state index contributed by atoms with van der Waals surface area (Å²) < 4.78 is 24.1. The Balaban J connectivity index is 2.78. The molecule has 0 aliphatic carbocycles. The van der Waals surface area contributed by atoms with Gasteiger partial charge in [-0.2, -0.15) is 0 Å². The monoisotopic (exact) mass is 256 g/mol. The van der Waals surface area contributed by atoms with Gasteiger partial charge in [0, 0.05) is 0 Å². The van der Waals surface area contributed by atoms with Crippen molar-refractivity contribution in [3.8, 4) is 0 Å². The summed E-state index contributed by atoms with van der Waals surface area (Å²) in [7, 11) is -3.21. The van der Waals surface area contributed by atoms with Crippen LogP contribution >= 0.6 is 0 Å². The fourth-order valence-electron chi connectivity index (χ4n) is 1.50. The minimum absolute atomic E-state index is 0.00651. The van der Waals surface area contributed by atoms with E-state index in [2.05, 4.69) is 0 Å². The summed E-state index contributed by atoms with van der Waals surface area (Å²) >= 11 is 0. The molecule has 0 saturated carbocycles. The largest absolute Gasteiger partial charge is 0.390 e. The molecule has 0 bridgehead atoms. The van der Waals surface area contributed by atoms with Gasteiger partial charge in [-0.15, -0.1) is 0 Å². The lowest BCUT2D eigenvalue weighted by Crippen LogP contribution is -2.25. The summed E-state index contributed by atoms with van der Waals surface area (Å²) in [5.41, 5.74) is -0.146. The van der Waals surface area contributed by atoms with Crippen LogP contribution < -0.4 is 0 Å². The van der Waals surface area contributed by atoms with Crippen molar-refractivity contribution in [2.75, 3.05) is 5.75 Å². The van der Waals surface area contributed by atoms with E-state index < -0.39 is 20.7 Å². The van der Waals surface area contributed by atoms with E-state index in [9.17, 15) is 13.5 Å². The summed E-state index contributed by atoms with van der Waals surface area (Å²) in [6.45, 7) is 4.93. The highest BCUT2D eigenvalue weighted by Crippen LogP contribution is 2.24. The first-order valence-electron chi connectivity index (χ1n) is 5.71. The van der Waals surface area contributed by atoms with Crippen LogP contribution in [0.1, 0.15) is 38.0 Å². The van der Waals surface area contributed by atoms with Gasteiger partial charge in [-0.25, -0.2) is 8.42 Å². The fourth-order valence-corrected chi connectivity index (χ4v) is 3.21. The Morgan fingerprint density at radius 1 is 1.24 bits per heavy atom. The quantitative estimate of drug-likeness (QED) is 0.879. The number of hydrogen-bond donors (Lipinski definition) is 1. The second-order valence-electron chi connectivity index (χ2n) is 4.98. The SMILES string of the molecule is CC(c1ccccc1)S(=O)(=O)CCC(C)(C)O. The summed E-state index contributed by atoms with van der Waals surface area (Å²) in [4.78, 5) is 0. The van der Waals surface area contributed by atoms with Crippen molar-refractivity contribution >= 4 is 9.84 Å². The van der Waals surface area contributed by atoms with E-state index in [1.807, 2.05) is 30.3 Å². The molecule has 0 aromatic heterocycles. The number of benzene rings is 1. The molecule has 3 nitrogen and oxygen atoms in total. The molecule has 0 heterocycles. The average Bonchev–Trinajstić information content (AvgIpc) is 2.26. The van der Waals surface area contributed by atoms with Gasteiger partial charge >= 0.3 is 0 Å². The summed E-state index contributed by atoms with van der Waals surface area (Å²) in [6, 6.07) is 9.15. The topological polar surface area (TPSA) is 54.4 Å². The standard InChI is InChI=1S/C13H20O3S/c1-11(12-7-5-4-6-8-12)17(15,16)10-9-13(2,3)14/h4-8,11,14H,9-10H2,1-3H3. The van der Waals surface area contributed by atoms with Crippen LogP contribution in [0.15, 0.2) is 30.3 Å². The normalized spacial score (nSPS) is 14.6. The van der Waals surface area contributed by atoms with Crippen LogP contribution in [0.2, 0.25) is 0 Å². The average molecular weight is 256 g/mol. The Morgan fingerprint density at radius 2 is 1.76 bits per heavy atom. The third-order valence-electron chi connectivity index (χ3n) is 2.81. The van der Waals surface area contributed by atoms with Crippen molar-refractivity contribution in [3.05, 3.63) is 35.9 Å². The van der Waals surface area contributed by atoms with Crippen LogP contribution in [0.3, 0.4) is 0 Å². The van der Waals surface area contributed by atoms with Gasteiger partial charge in [0.1, 0.15) is 0 Å². The van der Waals surface area contributed by atoms with Crippen LogP contribution in [0.5, 0.6) is 0 Å². The predicted octanol–water partition coefficient (Wildman–Crippen LogP) is 2.32. The zero-order chi connectivity index (χ0) is 13.1. The molecule has 96 valence electrons. The Labute approximate surface area is 103 Å². The van der Waals surface area contributed by atoms with E-state index in [-0.39, 0.29) is 12.2 Å². The van der Waals surface area contributed by atoms with Gasteiger partial charge in [0.25, 0.3) is 0 Å². The first kappa shape index (κ1) is 14.2. The Morgan fingerprint density at radius 3 is 2.24 bits per heavy atom. The molecule has 1 N–H and O–H groups in total. The molecule has 1 rings (SSSR count). The fraction of sp³-hybridized carbons (Fsp3) is 0.538. The molecule has 0 amide bonds. The van der Waals surface area contributed by atoms with Crippen molar-refractivity contribution in [1.29, 1.82) is 0 Å². The van der Waals surface area contributed by atoms with E-state index >= 15 is 0 Å².